The largest absolute Gasteiger partial charge is 0.451 e. The second-order valence-corrected chi connectivity index (χ2v) is 8.40. The highest BCUT2D eigenvalue weighted by atomic mass is 32.2. The van der Waals surface area contributed by atoms with Gasteiger partial charge in [0.2, 0.25) is 10.0 Å². The summed E-state index contributed by atoms with van der Waals surface area (Å²) in [7, 11) is -3.87. The van der Waals surface area contributed by atoms with Gasteiger partial charge in [-0.3, -0.25) is 19.3 Å². The van der Waals surface area contributed by atoms with Crippen LogP contribution in [0.15, 0.2) is 53.4 Å². The molecule has 0 aliphatic carbocycles. The lowest BCUT2D eigenvalue weighted by Crippen LogP contribution is -2.45. The van der Waals surface area contributed by atoms with E-state index in [0.29, 0.717) is 0 Å². The molecule has 0 saturated heterocycles. The van der Waals surface area contributed by atoms with E-state index in [-0.39, 0.29) is 21.7 Å². The molecule has 162 valence electrons. The van der Waals surface area contributed by atoms with E-state index in [1.807, 2.05) is 0 Å². The molecule has 10 nitrogen and oxygen atoms in total. The molecule has 3 rings (SSSR count). The number of nitrogens with zero attached hydrogens (tertiary/aromatic N) is 1. The molecule has 2 aromatic rings. The molecule has 2 aromatic carbocycles. The standard InChI is InChI=1S/C20H19N3O7S/c1-11(23-18(25)15-5-3-4-6-16(15)19(23)26)20(27)30-12(2)17(24)22-13-7-9-14(10-8-13)31(21,28)29/h3-12H,1-2H3,(H,22,24)(H2,21,28,29). The van der Waals surface area contributed by atoms with Crippen molar-refractivity contribution in [3.05, 3.63) is 59.7 Å². The van der Waals surface area contributed by atoms with Crippen molar-refractivity contribution in [2.24, 2.45) is 5.14 Å². The molecular weight excluding hydrogens is 426 g/mol. The van der Waals surface area contributed by atoms with Crippen LogP contribution in [0.1, 0.15) is 34.6 Å². The van der Waals surface area contributed by atoms with Crippen LogP contribution >= 0.6 is 0 Å². The van der Waals surface area contributed by atoms with Crippen LogP contribution < -0.4 is 10.5 Å². The summed E-state index contributed by atoms with van der Waals surface area (Å²) < 4.78 is 27.7. The van der Waals surface area contributed by atoms with Crippen molar-refractivity contribution in [1.82, 2.24) is 4.90 Å². The number of sulfonamides is 1. The van der Waals surface area contributed by atoms with E-state index >= 15 is 0 Å². The molecule has 11 heteroatoms. The van der Waals surface area contributed by atoms with Gasteiger partial charge < -0.3 is 10.1 Å². The molecule has 2 atom stereocenters. The Labute approximate surface area is 178 Å². The van der Waals surface area contributed by atoms with E-state index in [1.54, 1.807) is 12.1 Å². The summed E-state index contributed by atoms with van der Waals surface area (Å²) in [5.74, 6) is -2.85. The average Bonchev–Trinajstić information content (AvgIpc) is 2.97. The maximum absolute atomic E-state index is 12.5. The molecule has 0 fully saturated rings. The van der Waals surface area contributed by atoms with Crippen LogP contribution in [0.25, 0.3) is 0 Å². The fourth-order valence-corrected chi connectivity index (χ4v) is 3.48. The molecule has 1 aliphatic heterocycles. The van der Waals surface area contributed by atoms with Crippen molar-refractivity contribution in [2.75, 3.05) is 5.32 Å². The number of carbonyl (C=O) groups is 4. The Hall–Kier alpha value is -3.57. The number of ether oxygens (including phenoxy) is 1. The molecule has 0 aromatic heterocycles. The Morgan fingerprint density at radius 3 is 1.97 bits per heavy atom. The minimum atomic E-state index is -3.87. The first-order valence-electron chi connectivity index (χ1n) is 9.12. The minimum Gasteiger partial charge on any atom is -0.451 e. The van der Waals surface area contributed by atoms with Crippen LogP contribution in [-0.4, -0.2) is 49.2 Å². The number of nitrogens with two attached hydrogens (primary N) is 1. The number of benzene rings is 2. The van der Waals surface area contributed by atoms with Gasteiger partial charge in [-0.15, -0.1) is 0 Å². The van der Waals surface area contributed by atoms with E-state index in [4.69, 9.17) is 9.88 Å². The number of primary sulfonamides is 1. The van der Waals surface area contributed by atoms with Crippen molar-refractivity contribution in [3.8, 4) is 0 Å². The third kappa shape index (κ3) is 4.47. The molecule has 31 heavy (non-hydrogen) atoms. The summed E-state index contributed by atoms with van der Waals surface area (Å²) in [6, 6.07) is 10.0. The van der Waals surface area contributed by atoms with Gasteiger partial charge >= 0.3 is 5.97 Å². The summed E-state index contributed by atoms with van der Waals surface area (Å²) in [4.78, 5) is 50.4. The summed E-state index contributed by atoms with van der Waals surface area (Å²) in [6.07, 6.45) is -1.25. The number of imide groups is 1. The fraction of sp³-hybridized carbons (Fsp3) is 0.200. The number of carbonyl (C=O) groups excluding carboxylic acids is 4. The van der Waals surface area contributed by atoms with Gasteiger partial charge in [-0.25, -0.2) is 18.4 Å². The molecule has 1 aliphatic rings. The van der Waals surface area contributed by atoms with E-state index < -0.39 is 45.9 Å². The zero-order valence-electron chi connectivity index (χ0n) is 16.6. The number of hydrogen-bond acceptors (Lipinski definition) is 7. The quantitative estimate of drug-likeness (QED) is 0.494. The second kappa shape index (κ2) is 8.28. The van der Waals surface area contributed by atoms with Crippen LogP contribution in [0.4, 0.5) is 5.69 Å². The zero-order chi connectivity index (χ0) is 22.9. The van der Waals surface area contributed by atoms with E-state index in [0.717, 1.165) is 4.90 Å². The van der Waals surface area contributed by atoms with Crippen LogP contribution in [0.5, 0.6) is 0 Å². The van der Waals surface area contributed by atoms with Crippen LogP contribution in [0, 0.1) is 0 Å². The van der Waals surface area contributed by atoms with E-state index in [9.17, 15) is 27.6 Å². The SMILES string of the molecule is CC(OC(=O)C(C)N1C(=O)c2ccccc2C1=O)C(=O)Nc1ccc(S(N)(=O)=O)cc1. The average molecular weight is 445 g/mol. The third-order valence-electron chi connectivity index (χ3n) is 4.67. The Morgan fingerprint density at radius 2 is 1.48 bits per heavy atom. The molecule has 0 spiro atoms. The molecule has 2 unspecified atom stereocenters. The first kappa shape index (κ1) is 22.1. The lowest BCUT2D eigenvalue weighted by Gasteiger charge is -2.22. The van der Waals surface area contributed by atoms with E-state index in [1.165, 1.54) is 50.2 Å². The number of esters is 1. The zero-order valence-corrected chi connectivity index (χ0v) is 17.4. The van der Waals surface area contributed by atoms with Crippen molar-refractivity contribution in [3.63, 3.8) is 0 Å². The van der Waals surface area contributed by atoms with Crippen molar-refractivity contribution >= 4 is 39.4 Å². The Morgan fingerprint density at radius 1 is 0.968 bits per heavy atom. The van der Waals surface area contributed by atoms with Crippen LogP contribution in [0.3, 0.4) is 0 Å². The minimum absolute atomic E-state index is 0.125. The predicted molar refractivity (Wildman–Crippen MR) is 108 cm³/mol. The number of nitrogens with one attached hydrogen (secondary N) is 1. The first-order valence-corrected chi connectivity index (χ1v) is 10.7. The van der Waals surface area contributed by atoms with Gasteiger partial charge in [-0.05, 0) is 50.2 Å². The second-order valence-electron chi connectivity index (χ2n) is 6.84. The smallest absolute Gasteiger partial charge is 0.329 e. The fourth-order valence-electron chi connectivity index (χ4n) is 2.96. The summed E-state index contributed by atoms with van der Waals surface area (Å²) in [6.45, 7) is 2.65. The highest BCUT2D eigenvalue weighted by molar-refractivity contribution is 7.89. The molecule has 0 radical (unpaired) electrons. The topological polar surface area (TPSA) is 153 Å². The van der Waals surface area contributed by atoms with E-state index in [2.05, 4.69) is 5.32 Å². The van der Waals surface area contributed by atoms with Crippen molar-refractivity contribution in [1.29, 1.82) is 0 Å². The van der Waals surface area contributed by atoms with Gasteiger partial charge in [0.15, 0.2) is 6.10 Å². The van der Waals surface area contributed by atoms with Gasteiger partial charge in [-0.1, -0.05) is 12.1 Å². The molecule has 3 amide bonds. The van der Waals surface area contributed by atoms with Crippen LogP contribution in [-0.2, 0) is 24.3 Å². The maximum atomic E-state index is 12.5. The van der Waals surface area contributed by atoms with Gasteiger partial charge in [-0.2, -0.15) is 0 Å². The molecule has 0 saturated carbocycles. The first-order chi connectivity index (χ1) is 14.5. The summed E-state index contributed by atoms with van der Waals surface area (Å²) >= 11 is 0. The Bertz CT molecular complexity index is 1140. The predicted octanol–water partition coefficient (Wildman–Crippen LogP) is 0.889. The molecule has 0 bridgehead atoms. The lowest BCUT2D eigenvalue weighted by molar-refractivity contribution is -0.156. The van der Waals surface area contributed by atoms with Gasteiger partial charge in [0, 0.05) is 5.69 Å². The monoisotopic (exact) mass is 445 g/mol. The maximum Gasteiger partial charge on any atom is 0.329 e. The number of rotatable bonds is 6. The van der Waals surface area contributed by atoms with Crippen molar-refractivity contribution in [2.45, 2.75) is 30.9 Å². The summed E-state index contributed by atoms with van der Waals surface area (Å²) in [5, 5.41) is 7.48. The third-order valence-corrected chi connectivity index (χ3v) is 5.60. The molecular formula is C20H19N3O7S. The Kier molecular flexibility index (Phi) is 5.91. The van der Waals surface area contributed by atoms with Gasteiger partial charge in [0.25, 0.3) is 17.7 Å². The number of hydrogen-bond donors (Lipinski definition) is 2. The molecule has 3 N–H and O–H groups in total. The number of anilines is 1. The highest BCUT2D eigenvalue weighted by Gasteiger charge is 2.41. The summed E-state index contributed by atoms with van der Waals surface area (Å²) in [5.41, 5.74) is 0.649. The van der Waals surface area contributed by atoms with Crippen LogP contribution in [0.2, 0.25) is 0 Å². The lowest BCUT2D eigenvalue weighted by atomic mass is 10.1. The Balaban J connectivity index is 1.63. The van der Waals surface area contributed by atoms with Crippen molar-refractivity contribution < 1.29 is 32.3 Å². The van der Waals surface area contributed by atoms with Gasteiger partial charge in [0.1, 0.15) is 6.04 Å². The normalized spacial score (nSPS) is 15.3. The number of amides is 3. The highest BCUT2D eigenvalue weighted by Crippen LogP contribution is 2.25. The van der Waals surface area contributed by atoms with Gasteiger partial charge in [0.05, 0.1) is 16.0 Å². The number of fused-ring (bicyclic) bond motifs is 1. The molecule has 1 heterocycles.